The molecule has 0 amide bonds. The Morgan fingerprint density at radius 1 is 1.12 bits per heavy atom. The van der Waals surface area contributed by atoms with Gasteiger partial charge in [-0.25, -0.2) is 4.98 Å². The second kappa shape index (κ2) is 5.84. The number of rotatable bonds is 3. The van der Waals surface area contributed by atoms with Crippen molar-refractivity contribution in [2.24, 2.45) is 0 Å². The second-order valence-electron chi connectivity index (χ2n) is 6.52. The van der Waals surface area contributed by atoms with Crippen molar-refractivity contribution in [2.75, 3.05) is 0 Å². The summed E-state index contributed by atoms with van der Waals surface area (Å²) in [7, 11) is 0. The zero-order chi connectivity index (χ0) is 17.6. The quantitative estimate of drug-likeness (QED) is 0.510. The first-order valence-electron chi connectivity index (χ1n) is 8.32. The molecule has 0 fully saturated rings. The molecule has 0 spiro atoms. The molecule has 0 N–H and O–H groups in total. The summed E-state index contributed by atoms with van der Waals surface area (Å²) in [5.41, 5.74) is 5.08. The zero-order valence-corrected chi connectivity index (χ0v) is 14.7. The normalized spacial score (nSPS) is 11.6. The van der Waals surface area contributed by atoms with E-state index < -0.39 is 0 Å². The summed E-state index contributed by atoms with van der Waals surface area (Å²) in [6.45, 7) is 8.06. The monoisotopic (exact) mass is 333 g/mol. The van der Waals surface area contributed by atoms with Crippen molar-refractivity contribution in [3.8, 4) is 22.5 Å². The largest absolute Gasteiger partial charge is 0.458 e. The Morgan fingerprint density at radius 3 is 2.60 bits per heavy atom. The Kier molecular flexibility index (Phi) is 3.64. The molecule has 5 heteroatoms. The molecular formula is C20H19N3O2. The van der Waals surface area contributed by atoms with E-state index in [4.69, 9.17) is 13.9 Å². The highest BCUT2D eigenvalue weighted by molar-refractivity contribution is 5.93. The van der Waals surface area contributed by atoms with E-state index in [1.54, 1.807) is 12.4 Å². The van der Waals surface area contributed by atoms with Gasteiger partial charge >= 0.3 is 0 Å². The average molecular weight is 333 g/mol. The smallest absolute Gasteiger partial charge is 0.160 e. The van der Waals surface area contributed by atoms with Gasteiger partial charge in [0.25, 0.3) is 0 Å². The standard InChI is InChI=1S/C20H19N3O2/c1-11(2)17-9-15-8-16(18-12(3)23-25-13(18)4)22-19(20(15)24-17)14-6-5-7-21-10-14/h5-11H,1-4H3. The highest BCUT2D eigenvalue weighted by atomic mass is 16.5. The van der Waals surface area contributed by atoms with Crippen LogP contribution in [0.15, 0.2) is 45.6 Å². The minimum Gasteiger partial charge on any atom is -0.458 e. The van der Waals surface area contributed by atoms with Crippen molar-refractivity contribution < 1.29 is 8.94 Å². The topological polar surface area (TPSA) is 65.0 Å². The number of furan rings is 1. The molecule has 0 aromatic carbocycles. The van der Waals surface area contributed by atoms with E-state index >= 15 is 0 Å². The molecule has 4 aromatic rings. The maximum Gasteiger partial charge on any atom is 0.160 e. The summed E-state index contributed by atoms with van der Waals surface area (Å²) >= 11 is 0. The third-order valence-electron chi connectivity index (χ3n) is 4.31. The van der Waals surface area contributed by atoms with E-state index in [9.17, 15) is 0 Å². The zero-order valence-electron chi connectivity index (χ0n) is 14.7. The number of hydrogen-bond donors (Lipinski definition) is 0. The molecule has 0 saturated carbocycles. The Labute approximate surface area is 145 Å². The van der Waals surface area contributed by atoms with E-state index in [0.29, 0.717) is 5.92 Å². The van der Waals surface area contributed by atoms with Crippen LogP contribution in [0.4, 0.5) is 0 Å². The van der Waals surface area contributed by atoms with Crippen LogP contribution in [0.25, 0.3) is 33.5 Å². The van der Waals surface area contributed by atoms with Gasteiger partial charge in [0.2, 0.25) is 0 Å². The first kappa shape index (κ1) is 15.6. The number of fused-ring (bicyclic) bond motifs is 1. The molecule has 5 nitrogen and oxygen atoms in total. The van der Waals surface area contributed by atoms with Crippen molar-refractivity contribution in [2.45, 2.75) is 33.6 Å². The van der Waals surface area contributed by atoms with Gasteiger partial charge in [-0.05, 0) is 38.1 Å². The van der Waals surface area contributed by atoms with Crippen molar-refractivity contribution in [3.63, 3.8) is 0 Å². The molecule has 4 aromatic heterocycles. The molecule has 0 saturated heterocycles. The molecule has 0 aliphatic carbocycles. The molecule has 0 aliphatic rings. The highest BCUT2D eigenvalue weighted by Gasteiger charge is 2.19. The SMILES string of the molecule is Cc1noc(C)c1-c1cc2cc(C(C)C)oc2c(-c2cccnc2)n1. The van der Waals surface area contributed by atoms with Gasteiger partial charge in [-0.1, -0.05) is 19.0 Å². The molecule has 0 radical (unpaired) electrons. The van der Waals surface area contributed by atoms with Gasteiger partial charge in [-0.2, -0.15) is 0 Å². The van der Waals surface area contributed by atoms with Crippen molar-refractivity contribution in [1.29, 1.82) is 0 Å². The van der Waals surface area contributed by atoms with Crippen LogP contribution in [0.1, 0.15) is 37.0 Å². The van der Waals surface area contributed by atoms with Gasteiger partial charge in [-0.3, -0.25) is 4.98 Å². The van der Waals surface area contributed by atoms with Crippen LogP contribution in [-0.2, 0) is 0 Å². The first-order valence-corrected chi connectivity index (χ1v) is 8.32. The van der Waals surface area contributed by atoms with Crippen LogP contribution in [0.2, 0.25) is 0 Å². The maximum absolute atomic E-state index is 6.12. The molecule has 4 heterocycles. The summed E-state index contributed by atoms with van der Waals surface area (Å²) < 4.78 is 11.4. The first-order chi connectivity index (χ1) is 12.0. The van der Waals surface area contributed by atoms with Crippen LogP contribution < -0.4 is 0 Å². The number of pyridine rings is 2. The van der Waals surface area contributed by atoms with Crippen LogP contribution in [0, 0.1) is 13.8 Å². The molecule has 25 heavy (non-hydrogen) atoms. The molecule has 126 valence electrons. The Balaban J connectivity index is 2.04. The number of hydrogen-bond acceptors (Lipinski definition) is 5. The molecule has 0 unspecified atom stereocenters. The van der Waals surface area contributed by atoms with E-state index in [-0.39, 0.29) is 0 Å². The molecular weight excluding hydrogens is 314 g/mol. The molecule has 0 atom stereocenters. The third-order valence-corrected chi connectivity index (χ3v) is 4.31. The van der Waals surface area contributed by atoms with Crippen LogP contribution in [0.3, 0.4) is 0 Å². The van der Waals surface area contributed by atoms with E-state index in [1.807, 2.05) is 32.0 Å². The lowest BCUT2D eigenvalue weighted by Crippen LogP contribution is -1.91. The fourth-order valence-corrected chi connectivity index (χ4v) is 3.03. The highest BCUT2D eigenvalue weighted by Crippen LogP contribution is 2.36. The Hall–Kier alpha value is -2.95. The lowest BCUT2D eigenvalue weighted by Gasteiger charge is -2.06. The van der Waals surface area contributed by atoms with Crippen LogP contribution in [0.5, 0.6) is 0 Å². The second-order valence-corrected chi connectivity index (χ2v) is 6.52. The summed E-state index contributed by atoms with van der Waals surface area (Å²) in [5.74, 6) is 2.00. The minimum absolute atomic E-state index is 0.302. The maximum atomic E-state index is 6.12. The van der Waals surface area contributed by atoms with Crippen molar-refractivity contribution >= 4 is 11.0 Å². The van der Waals surface area contributed by atoms with Gasteiger partial charge in [0, 0.05) is 29.3 Å². The van der Waals surface area contributed by atoms with Gasteiger partial charge in [-0.15, -0.1) is 0 Å². The van der Waals surface area contributed by atoms with Crippen LogP contribution in [-0.4, -0.2) is 15.1 Å². The predicted octanol–water partition coefficient (Wildman–Crippen LogP) is 5.29. The molecule has 0 aliphatic heterocycles. The summed E-state index contributed by atoms with van der Waals surface area (Å²) in [6, 6.07) is 8.02. The van der Waals surface area contributed by atoms with Crippen LogP contribution >= 0.6 is 0 Å². The van der Waals surface area contributed by atoms with E-state index in [2.05, 4.69) is 30.1 Å². The van der Waals surface area contributed by atoms with Gasteiger partial charge in [0.1, 0.15) is 17.2 Å². The lowest BCUT2D eigenvalue weighted by atomic mass is 10.0. The van der Waals surface area contributed by atoms with Gasteiger partial charge < -0.3 is 8.94 Å². The average Bonchev–Trinajstić information content (AvgIpc) is 3.18. The predicted molar refractivity (Wildman–Crippen MR) is 96.3 cm³/mol. The number of aryl methyl sites for hydroxylation is 2. The van der Waals surface area contributed by atoms with Crippen molar-refractivity contribution in [3.05, 3.63) is 53.9 Å². The van der Waals surface area contributed by atoms with Gasteiger partial charge in [0.05, 0.1) is 17.0 Å². The summed E-state index contributed by atoms with van der Waals surface area (Å²) in [5, 5.41) is 5.08. The Morgan fingerprint density at radius 2 is 1.96 bits per heavy atom. The van der Waals surface area contributed by atoms with Gasteiger partial charge in [0.15, 0.2) is 5.58 Å². The third kappa shape index (κ3) is 2.61. The minimum atomic E-state index is 0.302. The van der Waals surface area contributed by atoms with E-state index in [1.165, 1.54) is 0 Å². The van der Waals surface area contributed by atoms with E-state index in [0.717, 1.165) is 50.7 Å². The fraction of sp³-hybridized carbons (Fsp3) is 0.250. The molecule has 4 rings (SSSR count). The van der Waals surface area contributed by atoms with Crippen molar-refractivity contribution in [1.82, 2.24) is 15.1 Å². The number of nitrogens with zero attached hydrogens (tertiary/aromatic N) is 3. The molecule has 0 bridgehead atoms. The fourth-order valence-electron chi connectivity index (χ4n) is 3.03. The summed E-state index contributed by atoms with van der Waals surface area (Å²) in [4.78, 5) is 9.10. The Bertz CT molecular complexity index is 1030. The summed E-state index contributed by atoms with van der Waals surface area (Å²) in [6.07, 6.45) is 3.55. The lowest BCUT2D eigenvalue weighted by molar-refractivity contribution is 0.393. The number of aromatic nitrogens is 3.